The number of carbonyl (C=O) groups is 2. The van der Waals surface area contributed by atoms with Gasteiger partial charge in [0.25, 0.3) is 5.91 Å². The van der Waals surface area contributed by atoms with E-state index in [2.05, 4.69) is 10.6 Å². The summed E-state index contributed by atoms with van der Waals surface area (Å²) in [5.41, 5.74) is 2.56. The van der Waals surface area contributed by atoms with Gasteiger partial charge in [-0.05, 0) is 37.1 Å². The van der Waals surface area contributed by atoms with Crippen molar-refractivity contribution in [3.8, 4) is 0 Å². The fourth-order valence-electron chi connectivity index (χ4n) is 1.73. The normalized spacial score (nSPS) is 10.0. The Hall–Kier alpha value is -2.56. The summed E-state index contributed by atoms with van der Waals surface area (Å²) in [7, 11) is 0. The number of imide groups is 1. The lowest BCUT2D eigenvalue weighted by molar-refractivity contribution is 0.0940. The number of aryl methyl sites for hydroxylation is 2. The molecular formula is C14H14N2O3. The Kier molecular flexibility index (Phi) is 3.66. The Morgan fingerprint density at radius 2 is 1.74 bits per heavy atom. The minimum absolute atomic E-state index is 0.0941. The first-order valence-electron chi connectivity index (χ1n) is 5.80. The van der Waals surface area contributed by atoms with Gasteiger partial charge in [-0.15, -0.1) is 0 Å². The van der Waals surface area contributed by atoms with E-state index < -0.39 is 11.9 Å². The van der Waals surface area contributed by atoms with Crippen molar-refractivity contribution in [2.45, 2.75) is 13.8 Å². The van der Waals surface area contributed by atoms with Gasteiger partial charge < -0.3 is 9.73 Å². The second kappa shape index (κ2) is 5.39. The van der Waals surface area contributed by atoms with Crippen molar-refractivity contribution < 1.29 is 14.0 Å². The third-order valence-electron chi connectivity index (χ3n) is 2.69. The number of benzene rings is 1. The molecule has 5 heteroatoms. The van der Waals surface area contributed by atoms with Crippen molar-refractivity contribution >= 4 is 17.6 Å². The van der Waals surface area contributed by atoms with Crippen LogP contribution in [0.3, 0.4) is 0 Å². The molecule has 0 saturated carbocycles. The molecule has 19 heavy (non-hydrogen) atoms. The molecule has 0 atom stereocenters. The molecule has 0 bridgehead atoms. The van der Waals surface area contributed by atoms with E-state index in [9.17, 15) is 9.59 Å². The molecule has 2 rings (SSSR count). The van der Waals surface area contributed by atoms with E-state index in [1.807, 2.05) is 32.0 Å². The van der Waals surface area contributed by atoms with Gasteiger partial charge in [-0.25, -0.2) is 4.79 Å². The van der Waals surface area contributed by atoms with E-state index >= 15 is 0 Å². The third-order valence-corrected chi connectivity index (χ3v) is 2.69. The van der Waals surface area contributed by atoms with Crippen molar-refractivity contribution in [2.75, 3.05) is 5.32 Å². The quantitative estimate of drug-likeness (QED) is 0.870. The standard InChI is InChI=1S/C14H14N2O3/c1-9-5-3-6-10(2)12(9)15-14(18)16-13(17)11-7-4-8-19-11/h3-8H,1-2H3,(H2,15,16,17,18). The number of urea groups is 1. The molecule has 0 fully saturated rings. The first kappa shape index (κ1) is 12.9. The maximum Gasteiger partial charge on any atom is 0.326 e. The Morgan fingerprint density at radius 3 is 2.32 bits per heavy atom. The third kappa shape index (κ3) is 3.01. The van der Waals surface area contributed by atoms with Crippen LogP contribution in [0.25, 0.3) is 0 Å². The Morgan fingerprint density at radius 1 is 1.05 bits per heavy atom. The predicted molar refractivity (Wildman–Crippen MR) is 71.1 cm³/mol. The number of anilines is 1. The van der Waals surface area contributed by atoms with E-state index in [1.54, 1.807) is 6.07 Å². The van der Waals surface area contributed by atoms with E-state index in [0.717, 1.165) is 11.1 Å². The number of hydrogen-bond donors (Lipinski definition) is 2. The molecule has 1 aromatic carbocycles. The maximum absolute atomic E-state index is 11.7. The summed E-state index contributed by atoms with van der Waals surface area (Å²) in [6, 6.07) is 8.16. The summed E-state index contributed by atoms with van der Waals surface area (Å²) < 4.78 is 4.90. The van der Waals surface area contributed by atoms with Crippen LogP contribution in [0.5, 0.6) is 0 Å². The SMILES string of the molecule is Cc1cccc(C)c1NC(=O)NC(=O)c1ccco1. The van der Waals surface area contributed by atoms with Crippen LogP contribution in [0.1, 0.15) is 21.7 Å². The van der Waals surface area contributed by atoms with Crippen LogP contribution in [-0.2, 0) is 0 Å². The minimum Gasteiger partial charge on any atom is -0.459 e. The van der Waals surface area contributed by atoms with Gasteiger partial charge in [0.05, 0.1) is 6.26 Å². The van der Waals surface area contributed by atoms with Crippen molar-refractivity contribution in [3.05, 3.63) is 53.5 Å². The van der Waals surface area contributed by atoms with Crippen LogP contribution in [0.4, 0.5) is 10.5 Å². The summed E-state index contributed by atoms with van der Waals surface area (Å²) in [4.78, 5) is 23.3. The number of nitrogens with one attached hydrogen (secondary N) is 2. The molecule has 1 aromatic heterocycles. The lowest BCUT2D eigenvalue weighted by Crippen LogP contribution is -2.34. The number of rotatable bonds is 2. The van der Waals surface area contributed by atoms with Crippen LogP contribution >= 0.6 is 0 Å². The molecular weight excluding hydrogens is 244 g/mol. The maximum atomic E-state index is 11.7. The number of para-hydroxylation sites is 1. The van der Waals surface area contributed by atoms with Crippen LogP contribution in [-0.4, -0.2) is 11.9 Å². The van der Waals surface area contributed by atoms with Crippen molar-refractivity contribution in [2.24, 2.45) is 0 Å². The predicted octanol–water partition coefficient (Wildman–Crippen LogP) is 2.86. The van der Waals surface area contributed by atoms with Crippen LogP contribution in [0, 0.1) is 13.8 Å². The summed E-state index contributed by atoms with van der Waals surface area (Å²) in [6.45, 7) is 3.77. The van der Waals surface area contributed by atoms with Crippen LogP contribution in [0.15, 0.2) is 41.0 Å². The Bertz CT molecular complexity index is 583. The molecule has 0 aliphatic carbocycles. The van der Waals surface area contributed by atoms with Gasteiger partial charge in [0.1, 0.15) is 0 Å². The van der Waals surface area contributed by atoms with Gasteiger partial charge in [-0.3, -0.25) is 10.1 Å². The summed E-state index contributed by atoms with van der Waals surface area (Å²) in [5, 5.41) is 4.86. The number of carbonyl (C=O) groups excluding carboxylic acids is 2. The van der Waals surface area contributed by atoms with Crippen LogP contribution in [0.2, 0.25) is 0 Å². The molecule has 3 amide bonds. The summed E-state index contributed by atoms with van der Waals surface area (Å²) in [5.74, 6) is -0.481. The monoisotopic (exact) mass is 258 g/mol. The minimum atomic E-state index is -0.584. The summed E-state index contributed by atoms with van der Waals surface area (Å²) in [6.07, 6.45) is 1.37. The number of amides is 3. The average molecular weight is 258 g/mol. The largest absolute Gasteiger partial charge is 0.459 e. The molecule has 0 spiro atoms. The van der Waals surface area contributed by atoms with Crippen molar-refractivity contribution in [1.82, 2.24) is 5.32 Å². The highest BCUT2D eigenvalue weighted by molar-refractivity contribution is 6.07. The number of hydrogen-bond acceptors (Lipinski definition) is 3. The topological polar surface area (TPSA) is 71.3 Å². The fraction of sp³-hybridized carbons (Fsp3) is 0.143. The molecule has 0 aliphatic rings. The molecule has 1 heterocycles. The second-order valence-corrected chi connectivity index (χ2v) is 4.15. The highest BCUT2D eigenvalue weighted by Crippen LogP contribution is 2.19. The molecule has 5 nitrogen and oxygen atoms in total. The molecule has 0 unspecified atom stereocenters. The Balaban J connectivity index is 2.04. The fourth-order valence-corrected chi connectivity index (χ4v) is 1.73. The zero-order valence-corrected chi connectivity index (χ0v) is 10.7. The highest BCUT2D eigenvalue weighted by Gasteiger charge is 2.13. The molecule has 0 aliphatic heterocycles. The molecule has 98 valence electrons. The second-order valence-electron chi connectivity index (χ2n) is 4.15. The zero-order chi connectivity index (χ0) is 13.8. The van der Waals surface area contributed by atoms with Crippen LogP contribution < -0.4 is 10.6 Å². The van der Waals surface area contributed by atoms with Gasteiger partial charge in [0.2, 0.25) is 0 Å². The lowest BCUT2D eigenvalue weighted by atomic mass is 10.1. The first-order chi connectivity index (χ1) is 9.08. The van der Waals surface area contributed by atoms with E-state index in [4.69, 9.17) is 4.42 Å². The van der Waals surface area contributed by atoms with E-state index in [-0.39, 0.29) is 5.76 Å². The molecule has 0 saturated heterocycles. The zero-order valence-electron chi connectivity index (χ0n) is 10.7. The molecule has 2 N–H and O–H groups in total. The van der Waals surface area contributed by atoms with E-state index in [0.29, 0.717) is 5.69 Å². The van der Waals surface area contributed by atoms with Gasteiger partial charge in [0.15, 0.2) is 5.76 Å². The first-order valence-corrected chi connectivity index (χ1v) is 5.80. The lowest BCUT2D eigenvalue weighted by Gasteiger charge is -2.11. The average Bonchev–Trinajstić information content (AvgIpc) is 2.88. The van der Waals surface area contributed by atoms with Gasteiger partial charge >= 0.3 is 6.03 Å². The number of furan rings is 1. The van der Waals surface area contributed by atoms with Gasteiger partial charge in [0, 0.05) is 5.69 Å². The van der Waals surface area contributed by atoms with Gasteiger partial charge in [-0.2, -0.15) is 0 Å². The van der Waals surface area contributed by atoms with Crippen molar-refractivity contribution in [3.63, 3.8) is 0 Å². The van der Waals surface area contributed by atoms with Crippen molar-refractivity contribution in [1.29, 1.82) is 0 Å². The Labute approximate surface area is 110 Å². The molecule has 2 aromatic rings. The molecule has 0 radical (unpaired) electrons. The van der Waals surface area contributed by atoms with E-state index in [1.165, 1.54) is 12.3 Å². The smallest absolute Gasteiger partial charge is 0.326 e. The van der Waals surface area contributed by atoms with Gasteiger partial charge in [-0.1, -0.05) is 18.2 Å². The highest BCUT2D eigenvalue weighted by atomic mass is 16.3. The summed E-state index contributed by atoms with van der Waals surface area (Å²) >= 11 is 0.